The summed E-state index contributed by atoms with van der Waals surface area (Å²) in [6.07, 6.45) is 2.94. The Morgan fingerprint density at radius 2 is 1.53 bits per heavy atom. The summed E-state index contributed by atoms with van der Waals surface area (Å²) in [7, 11) is 0. The predicted octanol–water partition coefficient (Wildman–Crippen LogP) is 3.83. The van der Waals surface area contributed by atoms with E-state index >= 15 is 0 Å². The molecule has 0 aliphatic rings. The molecule has 0 radical (unpaired) electrons. The van der Waals surface area contributed by atoms with Gasteiger partial charge in [-0.1, -0.05) is 31.9 Å². The molecule has 172 valence electrons. The Morgan fingerprint density at radius 3 is 2.25 bits per heavy atom. The van der Waals surface area contributed by atoms with Gasteiger partial charge >= 0.3 is 0 Å². The third kappa shape index (κ3) is 8.67. The van der Waals surface area contributed by atoms with Crippen molar-refractivity contribution in [2.75, 3.05) is 18.5 Å². The minimum absolute atomic E-state index is 0.0218. The van der Waals surface area contributed by atoms with E-state index in [2.05, 4.69) is 23.1 Å². The Labute approximate surface area is 188 Å². The number of ether oxygens (including phenoxy) is 2. The molecule has 0 atom stereocenters. The summed E-state index contributed by atoms with van der Waals surface area (Å²) in [6.45, 7) is 5.08. The molecule has 0 fully saturated rings. The zero-order valence-corrected chi connectivity index (χ0v) is 18.6. The number of hydrazine groups is 1. The number of anilines is 1. The van der Waals surface area contributed by atoms with Gasteiger partial charge in [-0.15, -0.1) is 0 Å². The minimum Gasteiger partial charge on any atom is -0.494 e. The monoisotopic (exact) mass is 441 g/mol. The number of benzene rings is 2. The molecule has 2 rings (SSSR count). The van der Waals surface area contributed by atoms with Crippen LogP contribution in [0.1, 0.15) is 56.3 Å². The lowest BCUT2D eigenvalue weighted by Gasteiger charge is -2.12. The van der Waals surface area contributed by atoms with E-state index in [1.165, 1.54) is 0 Å². The SMILES string of the molecule is CCCCCOc1ccccc1C(=O)NNC(=O)CCC(=O)Nc1ccc(OCC)cc1. The van der Waals surface area contributed by atoms with Crippen LogP contribution in [0.5, 0.6) is 11.5 Å². The summed E-state index contributed by atoms with van der Waals surface area (Å²) in [5.74, 6) is -0.0788. The fourth-order valence-corrected chi connectivity index (χ4v) is 2.82. The van der Waals surface area contributed by atoms with Crippen LogP contribution in [0.3, 0.4) is 0 Å². The first-order chi connectivity index (χ1) is 15.5. The van der Waals surface area contributed by atoms with Crippen molar-refractivity contribution < 1.29 is 23.9 Å². The van der Waals surface area contributed by atoms with Crippen molar-refractivity contribution in [2.24, 2.45) is 0 Å². The van der Waals surface area contributed by atoms with Crippen molar-refractivity contribution in [3.63, 3.8) is 0 Å². The Morgan fingerprint density at radius 1 is 0.812 bits per heavy atom. The summed E-state index contributed by atoms with van der Waals surface area (Å²) in [4.78, 5) is 36.5. The fraction of sp³-hybridized carbons (Fsp3) is 0.375. The van der Waals surface area contributed by atoms with E-state index in [1.807, 2.05) is 6.92 Å². The average Bonchev–Trinajstić information content (AvgIpc) is 2.80. The number of hydrogen-bond donors (Lipinski definition) is 3. The van der Waals surface area contributed by atoms with Crippen LogP contribution in [0.25, 0.3) is 0 Å². The van der Waals surface area contributed by atoms with Crippen LogP contribution < -0.4 is 25.6 Å². The maximum Gasteiger partial charge on any atom is 0.273 e. The largest absolute Gasteiger partial charge is 0.494 e. The average molecular weight is 442 g/mol. The molecule has 0 unspecified atom stereocenters. The number of hydrogen-bond acceptors (Lipinski definition) is 5. The highest BCUT2D eigenvalue weighted by molar-refractivity contribution is 5.98. The molecule has 0 bridgehead atoms. The van der Waals surface area contributed by atoms with E-state index in [0.717, 1.165) is 19.3 Å². The van der Waals surface area contributed by atoms with Crippen molar-refractivity contribution >= 4 is 23.4 Å². The summed E-state index contributed by atoms with van der Waals surface area (Å²) in [5, 5.41) is 2.71. The number of carbonyl (C=O) groups excluding carboxylic acids is 3. The number of para-hydroxylation sites is 1. The van der Waals surface area contributed by atoms with Crippen molar-refractivity contribution in [3.05, 3.63) is 54.1 Å². The predicted molar refractivity (Wildman–Crippen MR) is 123 cm³/mol. The molecule has 0 aromatic heterocycles. The minimum atomic E-state index is -0.483. The Bertz CT molecular complexity index is 883. The first-order valence-electron chi connectivity index (χ1n) is 10.9. The summed E-state index contributed by atoms with van der Waals surface area (Å²) >= 11 is 0. The highest BCUT2D eigenvalue weighted by atomic mass is 16.5. The molecule has 0 aliphatic carbocycles. The van der Waals surface area contributed by atoms with Gasteiger partial charge in [-0.2, -0.15) is 0 Å². The molecule has 0 heterocycles. The van der Waals surface area contributed by atoms with Gasteiger partial charge in [0.25, 0.3) is 5.91 Å². The van der Waals surface area contributed by atoms with E-state index in [1.54, 1.807) is 48.5 Å². The summed E-state index contributed by atoms with van der Waals surface area (Å²) in [6, 6.07) is 13.8. The summed E-state index contributed by atoms with van der Waals surface area (Å²) < 4.78 is 11.0. The molecular weight excluding hydrogens is 410 g/mol. The van der Waals surface area contributed by atoms with Crippen LogP contribution in [-0.2, 0) is 9.59 Å². The van der Waals surface area contributed by atoms with E-state index in [4.69, 9.17) is 9.47 Å². The molecule has 0 saturated carbocycles. The zero-order valence-electron chi connectivity index (χ0n) is 18.6. The highest BCUT2D eigenvalue weighted by Crippen LogP contribution is 2.18. The van der Waals surface area contributed by atoms with Gasteiger partial charge in [-0.3, -0.25) is 25.2 Å². The van der Waals surface area contributed by atoms with E-state index < -0.39 is 11.8 Å². The molecule has 8 heteroatoms. The van der Waals surface area contributed by atoms with Gasteiger partial charge in [0.2, 0.25) is 11.8 Å². The number of unbranched alkanes of at least 4 members (excludes halogenated alkanes) is 2. The third-order valence-electron chi connectivity index (χ3n) is 4.48. The maximum atomic E-state index is 12.4. The third-order valence-corrected chi connectivity index (χ3v) is 4.48. The maximum absolute atomic E-state index is 12.4. The van der Waals surface area contributed by atoms with E-state index in [0.29, 0.717) is 36.0 Å². The number of rotatable bonds is 12. The van der Waals surface area contributed by atoms with Gasteiger partial charge in [0, 0.05) is 18.5 Å². The number of amides is 3. The van der Waals surface area contributed by atoms with Gasteiger partial charge < -0.3 is 14.8 Å². The second-order valence-electron chi connectivity index (χ2n) is 7.06. The van der Waals surface area contributed by atoms with Crippen LogP contribution in [-0.4, -0.2) is 30.9 Å². The van der Waals surface area contributed by atoms with E-state index in [9.17, 15) is 14.4 Å². The molecular formula is C24H31N3O5. The molecule has 8 nitrogen and oxygen atoms in total. The zero-order chi connectivity index (χ0) is 23.2. The van der Waals surface area contributed by atoms with Crippen molar-refractivity contribution in [1.82, 2.24) is 10.9 Å². The molecule has 0 spiro atoms. The van der Waals surface area contributed by atoms with Crippen LogP contribution in [0.4, 0.5) is 5.69 Å². The molecule has 2 aromatic rings. The van der Waals surface area contributed by atoms with Crippen molar-refractivity contribution in [3.8, 4) is 11.5 Å². The van der Waals surface area contributed by atoms with Gasteiger partial charge in [0.05, 0.1) is 18.8 Å². The Balaban J connectivity index is 1.74. The molecule has 3 N–H and O–H groups in total. The molecule has 0 saturated heterocycles. The topological polar surface area (TPSA) is 106 Å². The first kappa shape index (κ1) is 24.7. The quantitative estimate of drug-likeness (QED) is 0.343. The van der Waals surface area contributed by atoms with Gasteiger partial charge in [0.1, 0.15) is 11.5 Å². The van der Waals surface area contributed by atoms with Gasteiger partial charge in [-0.25, -0.2) is 0 Å². The molecule has 0 aliphatic heterocycles. The molecule has 2 aromatic carbocycles. The number of carbonyl (C=O) groups is 3. The molecule has 3 amide bonds. The van der Waals surface area contributed by atoms with Crippen LogP contribution in [0, 0.1) is 0 Å². The second-order valence-corrected chi connectivity index (χ2v) is 7.06. The van der Waals surface area contributed by atoms with E-state index in [-0.39, 0.29) is 18.7 Å². The smallest absolute Gasteiger partial charge is 0.273 e. The van der Waals surface area contributed by atoms with Crippen LogP contribution in [0.15, 0.2) is 48.5 Å². The fourth-order valence-electron chi connectivity index (χ4n) is 2.82. The van der Waals surface area contributed by atoms with Crippen LogP contribution >= 0.6 is 0 Å². The van der Waals surface area contributed by atoms with Crippen molar-refractivity contribution in [1.29, 1.82) is 0 Å². The van der Waals surface area contributed by atoms with Gasteiger partial charge in [-0.05, 0) is 49.7 Å². The lowest BCUT2D eigenvalue weighted by atomic mass is 10.2. The van der Waals surface area contributed by atoms with Gasteiger partial charge in [0.15, 0.2) is 0 Å². The lowest BCUT2D eigenvalue weighted by Crippen LogP contribution is -2.42. The van der Waals surface area contributed by atoms with Crippen molar-refractivity contribution in [2.45, 2.75) is 46.0 Å². The normalized spacial score (nSPS) is 10.2. The molecule has 32 heavy (non-hydrogen) atoms. The first-order valence-corrected chi connectivity index (χ1v) is 10.9. The summed E-state index contributed by atoms with van der Waals surface area (Å²) in [5.41, 5.74) is 5.65. The Hall–Kier alpha value is -3.55. The standard InChI is InChI=1S/C24H31N3O5/c1-3-5-8-17-32-21-10-7-6-9-20(21)24(30)27-26-23(29)16-15-22(28)25-18-11-13-19(14-12-18)31-4-2/h6-7,9-14H,3-5,8,15-17H2,1-2H3,(H,25,28)(H,26,29)(H,27,30). The number of nitrogens with one attached hydrogen (secondary N) is 3. The highest BCUT2D eigenvalue weighted by Gasteiger charge is 2.14. The Kier molecular flexibility index (Phi) is 10.6. The lowest BCUT2D eigenvalue weighted by molar-refractivity contribution is -0.124. The van der Waals surface area contributed by atoms with Crippen LogP contribution in [0.2, 0.25) is 0 Å². The second kappa shape index (κ2) is 13.7.